The van der Waals surface area contributed by atoms with Crippen LogP contribution in [0.15, 0.2) is 0 Å². The summed E-state index contributed by atoms with van der Waals surface area (Å²) in [5.41, 5.74) is 0. The van der Waals surface area contributed by atoms with Crippen LogP contribution in [0.2, 0.25) is 0 Å². The number of nitrogens with zero attached hydrogens (tertiary/aromatic N) is 4. The van der Waals surface area contributed by atoms with Crippen molar-refractivity contribution in [2.45, 2.75) is 6.42 Å². The summed E-state index contributed by atoms with van der Waals surface area (Å²) < 4.78 is 0. The van der Waals surface area contributed by atoms with Crippen molar-refractivity contribution in [1.29, 1.82) is 0 Å². The lowest BCUT2D eigenvalue weighted by Gasteiger charge is -2.16. The summed E-state index contributed by atoms with van der Waals surface area (Å²) in [5, 5.41) is 4.47. The summed E-state index contributed by atoms with van der Waals surface area (Å²) in [4.78, 5) is 4.61. The number of hydrogen-bond acceptors (Lipinski definition) is 4. The van der Waals surface area contributed by atoms with E-state index < -0.39 is 0 Å². The summed E-state index contributed by atoms with van der Waals surface area (Å²) in [6.45, 7) is 6.07. The van der Waals surface area contributed by atoms with E-state index in [4.69, 9.17) is 0 Å². The molecule has 0 saturated carbocycles. The highest BCUT2D eigenvalue weighted by Crippen LogP contribution is 2.01. The van der Waals surface area contributed by atoms with E-state index in [0.717, 1.165) is 6.67 Å². The number of hydrogen-bond donors (Lipinski definition) is 0. The molecule has 2 aliphatic heterocycles. The van der Waals surface area contributed by atoms with Crippen molar-refractivity contribution in [3.8, 4) is 0 Å². The lowest BCUT2D eigenvalue weighted by Crippen LogP contribution is -2.28. The van der Waals surface area contributed by atoms with Crippen LogP contribution in [0.1, 0.15) is 6.42 Å². The Labute approximate surface area is 88.0 Å². The van der Waals surface area contributed by atoms with Gasteiger partial charge in [-0.25, -0.2) is 10.0 Å². The minimum Gasteiger partial charge on any atom is -0.292 e. The molecule has 4 heteroatoms. The van der Waals surface area contributed by atoms with Crippen LogP contribution in [0.25, 0.3) is 0 Å². The molecule has 2 rings (SSSR count). The molecule has 0 aliphatic carbocycles. The van der Waals surface area contributed by atoms with E-state index in [1.807, 2.05) is 0 Å². The molecule has 0 amide bonds. The van der Waals surface area contributed by atoms with Gasteiger partial charge < -0.3 is 0 Å². The molecule has 2 fully saturated rings. The Morgan fingerprint density at radius 2 is 1.07 bits per heavy atom. The standard InChI is InChI=1S/2C5H12N2/c1-6-3-4-7(2)5-6;1-6-4-3-5-7(6)2/h2*3-5H2,1-2H3. The van der Waals surface area contributed by atoms with Crippen molar-refractivity contribution < 1.29 is 0 Å². The molecule has 2 saturated heterocycles. The molecule has 0 aromatic carbocycles. The summed E-state index contributed by atoms with van der Waals surface area (Å²) in [7, 11) is 8.52. The first-order valence-electron chi connectivity index (χ1n) is 5.39. The second-order valence-corrected chi connectivity index (χ2v) is 4.42. The molecule has 2 heterocycles. The third kappa shape index (κ3) is 3.92. The Morgan fingerprint density at radius 1 is 0.643 bits per heavy atom. The Bertz CT molecular complexity index is 146. The molecule has 2 aliphatic rings. The topological polar surface area (TPSA) is 13.0 Å². The van der Waals surface area contributed by atoms with Gasteiger partial charge in [-0.2, -0.15) is 0 Å². The van der Waals surface area contributed by atoms with E-state index in [1.54, 1.807) is 0 Å². The maximum absolute atomic E-state index is 2.31. The van der Waals surface area contributed by atoms with E-state index in [9.17, 15) is 0 Å². The van der Waals surface area contributed by atoms with Gasteiger partial charge in [-0.15, -0.1) is 0 Å². The minimum atomic E-state index is 1.14. The highest BCUT2D eigenvalue weighted by atomic mass is 15.6. The predicted octanol–water partition coefficient (Wildman–Crippen LogP) is -0.0102. The fraction of sp³-hybridized carbons (Fsp3) is 1.00. The normalized spacial score (nSPS) is 26.6. The fourth-order valence-electron chi connectivity index (χ4n) is 1.76. The van der Waals surface area contributed by atoms with Crippen LogP contribution < -0.4 is 0 Å². The zero-order valence-electron chi connectivity index (χ0n) is 10.0. The van der Waals surface area contributed by atoms with Crippen molar-refractivity contribution in [3.05, 3.63) is 0 Å². The molecular formula is C10H24N4. The van der Waals surface area contributed by atoms with Crippen LogP contribution in [-0.2, 0) is 0 Å². The Balaban J connectivity index is 0.000000140. The maximum Gasteiger partial charge on any atom is 0.0501 e. The molecule has 0 atom stereocenters. The SMILES string of the molecule is CN1CCCN1C.CN1CCN(C)C1. The molecule has 4 nitrogen and oxygen atoms in total. The summed E-state index contributed by atoms with van der Waals surface area (Å²) in [6.07, 6.45) is 1.33. The molecule has 0 spiro atoms. The predicted molar refractivity (Wildman–Crippen MR) is 60.0 cm³/mol. The molecule has 0 N–H and O–H groups in total. The molecule has 0 aromatic heterocycles. The van der Waals surface area contributed by atoms with Gasteiger partial charge in [0.25, 0.3) is 0 Å². The van der Waals surface area contributed by atoms with Gasteiger partial charge in [0, 0.05) is 40.3 Å². The number of likely N-dealkylation sites (N-methyl/N-ethyl adjacent to an activating group) is 2. The number of rotatable bonds is 0. The molecule has 0 unspecified atom stereocenters. The average Bonchev–Trinajstić information content (AvgIpc) is 2.65. The van der Waals surface area contributed by atoms with Crippen molar-refractivity contribution >= 4 is 0 Å². The van der Waals surface area contributed by atoms with Crippen LogP contribution >= 0.6 is 0 Å². The van der Waals surface area contributed by atoms with Gasteiger partial charge in [0.2, 0.25) is 0 Å². The fourth-order valence-corrected chi connectivity index (χ4v) is 1.76. The first-order valence-corrected chi connectivity index (χ1v) is 5.39. The van der Waals surface area contributed by atoms with E-state index in [-0.39, 0.29) is 0 Å². The third-order valence-electron chi connectivity index (χ3n) is 2.89. The van der Waals surface area contributed by atoms with Crippen LogP contribution in [0, 0.1) is 0 Å². The summed E-state index contributed by atoms with van der Waals surface area (Å²) >= 11 is 0. The molecule has 0 radical (unpaired) electrons. The maximum atomic E-state index is 2.31. The van der Waals surface area contributed by atoms with Gasteiger partial charge in [-0.05, 0) is 20.5 Å². The van der Waals surface area contributed by atoms with E-state index in [2.05, 4.69) is 48.0 Å². The molecule has 0 bridgehead atoms. The van der Waals surface area contributed by atoms with Crippen LogP contribution in [0.3, 0.4) is 0 Å². The van der Waals surface area contributed by atoms with Crippen molar-refractivity contribution in [2.24, 2.45) is 0 Å². The van der Waals surface area contributed by atoms with E-state index in [0.29, 0.717) is 0 Å². The summed E-state index contributed by atoms with van der Waals surface area (Å²) in [6, 6.07) is 0. The van der Waals surface area contributed by atoms with Gasteiger partial charge in [0.1, 0.15) is 0 Å². The van der Waals surface area contributed by atoms with Gasteiger partial charge >= 0.3 is 0 Å². The smallest absolute Gasteiger partial charge is 0.0501 e. The summed E-state index contributed by atoms with van der Waals surface area (Å²) in [5.74, 6) is 0. The molecule has 84 valence electrons. The number of hydrazine groups is 1. The van der Waals surface area contributed by atoms with Crippen molar-refractivity contribution in [2.75, 3.05) is 61.0 Å². The average molecular weight is 200 g/mol. The molecule has 14 heavy (non-hydrogen) atoms. The highest BCUT2D eigenvalue weighted by molar-refractivity contribution is 4.62. The van der Waals surface area contributed by atoms with Gasteiger partial charge in [-0.3, -0.25) is 9.80 Å². The second kappa shape index (κ2) is 5.66. The van der Waals surface area contributed by atoms with Gasteiger partial charge in [-0.1, -0.05) is 0 Å². The lowest BCUT2D eigenvalue weighted by atomic mass is 10.5. The van der Waals surface area contributed by atoms with E-state index >= 15 is 0 Å². The van der Waals surface area contributed by atoms with E-state index in [1.165, 1.54) is 32.6 Å². The van der Waals surface area contributed by atoms with Crippen molar-refractivity contribution in [3.63, 3.8) is 0 Å². The van der Waals surface area contributed by atoms with Crippen LogP contribution in [0.5, 0.6) is 0 Å². The molecular weight excluding hydrogens is 176 g/mol. The van der Waals surface area contributed by atoms with Gasteiger partial charge in [0.15, 0.2) is 0 Å². The minimum absolute atomic E-state index is 1.14. The Morgan fingerprint density at radius 3 is 1.21 bits per heavy atom. The van der Waals surface area contributed by atoms with Gasteiger partial charge in [0.05, 0.1) is 6.67 Å². The Hall–Kier alpha value is -0.160. The first kappa shape index (κ1) is 11.9. The quantitative estimate of drug-likeness (QED) is 0.545. The zero-order valence-corrected chi connectivity index (χ0v) is 10.0. The van der Waals surface area contributed by atoms with Crippen molar-refractivity contribution in [1.82, 2.24) is 19.8 Å². The zero-order chi connectivity index (χ0) is 10.6. The highest BCUT2D eigenvalue weighted by Gasteiger charge is 2.11. The van der Waals surface area contributed by atoms with Crippen LogP contribution in [0.4, 0.5) is 0 Å². The lowest BCUT2D eigenvalue weighted by molar-refractivity contribution is 0.0894. The second-order valence-electron chi connectivity index (χ2n) is 4.42. The first-order chi connectivity index (χ1) is 6.59. The Kier molecular flexibility index (Phi) is 4.81. The third-order valence-corrected chi connectivity index (χ3v) is 2.89. The molecule has 0 aromatic rings. The monoisotopic (exact) mass is 200 g/mol. The van der Waals surface area contributed by atoms with Crippen LogP contribution in [-0.4, -0.2) is 80.9 Å². The largest absolute Gasteiger partial charge is 0.292 e.